The van der Waals surface area contributed by atoms with Gasteiger partial charge in [0.25, 0.3) is 0 Å². The maximum atomic E-state index is 12.2. The van der Waals surface area contributed by atoms with Gasteiger partial charge in [-0.3, -0.25) is 4.79 Å². The van der Waals surface area contributed by atoms with Gasteiger partial charge in [-0.1, -0.05) is 30.3 Å². The highest BCUT2D eigenvalue weighted by Gasteiger charge is 2.13. The van der Waals surface area contributed by atoms with Crippen LogP contribution in [0.4, 0.5) is 0 Å². The molecule has 3 aromatic rings. The van der Waals surface area contributed by atoms with E-state index in [9.17, 15) is 9.59 Å². The van der Waals surface area contributed by atoms with Crippen LogP contribution in [-0.4, -0.2) is 11.1 Å². The largest absolute Gasteiger partial charge is 0.489 e. The number of carbonyl (C=O) groups is 1. The van der Waals surface area contributed by atoms with Gasteiger partial charge in [0, 0.05) is 23.4 Å². The fraction of sp³-hybridized carbons (Fsp3) is 0.200. The van der Waals surface area contributed by atoms with Crippen LogP contribution in [0.25, 0.3) is 11.0 Å². The molecular weight excluding hydrogens is 320 g/mol. The summed E-state index contributed by atoms with van der Waals surface area (Å²) in [5.74, 6) is -0.333. The minimum absolute atomic E-state index is 0.102. The van der Waals surface area contributed by atoms with E-state index in [1.807, 2.05) is 42.5 Å². The molecule has 0 atom stereocenters. The summed E-state index contributed by atoms with van der Waals surface area (Å²) in [6.45, 7) is 2.23. The molecule has 1 heterocycles. The Morgan fingerprint density at radius 3 is 2.64 bits per heavy atom. The Kier molecular flexibility index (Phi) is 4.84. The van der Waals surface area contributed by atoms with Crippen molar-refractivity contribution in [2.45, 2.75) is 26.4 Å². The first-order valence-corrected chi connectivity index (χ1v) is 7.99. The molecule has 25 heavy (non-hydrogen) atoms. The molecule has 0 aliphatic rings. The normalized spacial score (nSPS) is 10.8. The number of carboxylic acids is 1. The van der Waals surface area contributed by atoms with Gasteiger partial charge >= 0.3 is 11.6 Å². The average molecular weight is 338 g/mol. The Balaban J connectivity index is 1.87. The monoisotopic (exact) mass is 338 g/mol. The highest BCUT2D eigenvalue weighted by Crippen LogP contribution is 2.25. The molecule has 0 saturated carbocycles. The van der Waals surface area contributed by atoms with Crippen molar-refractivity contribution in [2.75, 3.05) is 0 Å². The van der Waals surface area contributed by atoms with Gasteiger partial charge in [0.1, 0.15) is 17.9 Å². The van der Waals surface area contributed by atoms with E-state index in [-0.39, 0.29) is 12.8 Å². The molecule has 0 aliphatic heterocycles. The topological polar surface area (TPSA) is 76.7 Å². The summed E-state index contributed by atoms with van der Waals surface area (Å²) in [5.41, 5.74) is 2.15. The fourth-order valence-corrected chi connectivity index (χ4v) is 2.73. The van der Waals surface area contributed by atoms with Crippen LogP contribution in [0.1, 0.15) is 23.1 Å². The van der Waals surface area contributed by atoms with Gasteiger partial charge in [0.05, 0.1) is 0 Å². The summed E-state index contributed by atoms with van der Waals surface area (Å²) in [7, 11) is 0. The van der Waals surface area contributed by atoms with E-state index in [2.05, 4.69) is 0 Å². The minimum atomic E-state index is -0.941. The van der Waals surface area contributed by atoms with Crippen molar-refractivity contribution in [3.63, 3.8) is 0 Å². The van der Waals surface area contributed by atoms with E-state index < -0.39 is 11.6 Å². The van der Waals surface area contributed by atoms with Gasteiger partial charge in [0.15, 0.2) is 0 Å². The Labute approximate surface area is 144 Å². The SMILES string of the molecule is Cc1c(CCC(=O)O)c(=O)oc2cc(OCc3ccccc3)ccc12. The first-order valence-electron chi connectivity index (χ1n) is 7.99. The van der Waals surface area contributed by atoms with Crippen molar-refractivity contribution in [1.29, 1.82) is 0 Å². The second-order valence-corrected chi connectivity index (χ2v) is 5.82. The fourth-order valence-electron chi connectivity index (χ4n) is 2.73. The van der Waals surface area contributed by atoms with Crippen molar-refractivity contribution in [3.05, 3.63) is 75.6 Å². The Bertz CT molecular complexity index is 957. The maximum Gasteiger partial charge on any atom is 0.339 e. The highest BCUT2D eigenvalue weighted by atomic mass is 16.5. The molecule has 0 bridgehead atoms. The van der Waals surface area contributed by atoms with Crippen LogP contribution in [-0.2, 0) is 17.8 Å². The molecule has 1 N–H and O–H groups in total. The Hall–Kier alpha value is -3.08. The average Bonchev–Trinajstić information content (AvgIpc) is 2.60. The molecule has 3 rings (SSSR count). The number of hydrogen-bond acceptors (Lipinski definition) is 4. The first-order chi connectivity index (χ1) is 12.0. The van der Waals surface area contributed by atoms with E-state index in [4.69, 9.17) is 14.3 Å². The zero-order valence-electron chi connectivity index (χ0n) is 13.8. The number of benzene rings is 2. The molecule has 0 amide bonds. The van der Waals surface area contributed by atoms with Crippen LogP contribution in [0.5, 0.6) is 5.75 Å². The molecule has 0 spiro atoms. The highest BCUT2D eigenvalue weighted by molar-refractivity contribution is 5.82. The molecule has 5 nitrogen and oxygen atoms in total. The number of ether oxygens (including phenoxy) is 1. The van der Waals surface area contributed by atoms with E-state index in [0.717, 1.165) is 16.5 Å². The van der Waals surface area contributed by atoms with Crippen molar-refractivity contribution in [2.24, 2.45) is 0 Å². The summed E-state index contributed by atoms with van der Waals surface area (Å²) in [5, 5.41) is 9.59. The lowest BCUT2D eigenvalue weighted by Crippen LogP contribution is -2.12. The standard InChI is InChI=1S/C20H18O5/c1-13-16-8-7-15(24-12-14-5-3-2-4-6-14)11-18(16)25-20(23)17(13)9-10-19(21)22/h2-8,11H,9-10,12H2,1H3,(H,21,22). The summed E-state index contributed by atoms with van der Waals surface area (Å²) in [6.07, 6.45) is 0.0566. The van der Waals surface area contributed by atoms with Gasteiger partial charge in [-0.05, 0) is 36.6 Å². The minimum Gasteiger partial charge on any atom is -0.489 e. The van der Waals surface area contributed by atoms with Crippen molar-refractivity contribution >= 4 is 16.9 Å². The first kappa shape index (κ1) is 16.8. The number of rotatable bonds is 6. The molecule has 0 unspecified atom stereocenters. The third-order valence-electron chi connectivity index (χ3n) is 4.10. The van der Waals surface area contributed by atoms with Crippen LogP contribution < -0.4 is 10.4 Å². The van der Waals surface area contributed by atoms with E-state index in [1.165, 1.54) is 0 Å². The van der Waals surface area contributed by atoms with Crippen LogP contribution in [0.3, 0.4) is 0 Å². The molecule has 5 heteroatoms. The third-order valence-corrected chi connectivity index (χ3v) is 4.10. The van der Waals surface area contributed by atoms with Crippen LogP contribution in [0, 0.1) is 6.92 Å². The van der Waals surface area contributed by atoms with Gasteiger partial charge < -0.3 is 14.3 Å². The molecule has 0 radical (unpaired) electrons. The van der Waals surface area contributed by atoms with Gasteiger partial charge in [-0.25, -0.2) is 4.79 Å². The summed E-state index contributed by atoms with van der Waals surface area (Å²) >= 11 is 0. The lowest BCUT2D eigenvalue weighted by molar-refractivity contribution is -0.136. The molecule has 1 aromatic heterocycles. The zero-order valence-corrected chi connectivity index (χ0v) is 13.8. The molecule has 0 saturated heterocycles. The molecule has 0 aliphatic carbocycles. The number of aliphatic carboxylic acids is 1. The Morgan fingerprint density at radius 2 is 1.92 bits per heavy atom. The Morgan fingerprint density at radius 1 is 1.16 bits per heavy atom. The third kappa shape index (κ3) is 3.88. The summed E-state index contributed by atoms with van der Waals surface area (Å²) < 4.78 is 11.1. The van der Waals surface area contributed by atoms with Crippen LogP contribution in [0.15, 0.2) is 57.7 Å². The second-order valence-electron chi connectivity index (χ2n) is 5.82. The van der Waals surface area contributed by atoms with Gasteiger partial charge in [0.2, 0.25) is 0 Å². The van der Waals surface area contributed by atoms with Gasteiger partial charge in [-0.2, -0.15) is 0 Å². The van der Waals surface area contributed by atoms with Crippen LogP contribution >= 0.6 is 0 Å². The number of aryl methyl sites for hydroxylation is 1. The molecule has 128 valence electrons. The summed E-state index contributed by atoms with van der Waals surface area (Å²) in [4.78, 5) is 22.9. The quantitative estimate of drug-likeness (QED) is 0.694. The van der Waals surface area contributed by atoms with E-state index >= 15 is 0 Å². The van der Waals surface area contributed by atoms with E-state index in [1.54, 1.807) is 13.0 Å². The van der Waals surface area contributed by atoms with Crippen molar-refractivity contribution in [3.8, 4) is 5.75 Å². The molecule has 0 fully saturated rings. The summed E-state index contributed by atoms with van der Waals surface area (Å²) in [6, 6.07) is 15.1. The van der Waals surface area contributed by atoms with Crippen molar-refractivity contribution < 1.29 is 19.1 Å². The number of carboxylic acid groups (broad SMARTS) is 1. The van der Waals surface area contributed by atoms with Crippen LogP contribution in [0.2, 0.25) is 0 Å². The number of hydrogen-bond donors (Lipinski definition) is 1. The predicted octanol–water partition coefficient (Wildman–Crippen LogP) is 3.70. The van der Waals surface area contributed by atoms with Gasteiger partial charge in [-0.15, -0.1) is 0 Å². The zero-order chi connectivity index (χ0) is 17.8. The molecule has 2 aromatic carbocycles. The lowest BCUT2D eigenvalue weighted by atomic mass is 10.0. The maximum absolute atomic E-state index is 12.2. The molecular formula is C20H18O5. The van der Waals surface area contributed by atoms with Crippen molar-refractivity contribution in [1.82, 2.24) is 0 Å². The lowest BCUT2D eigenvalue weighted by Gasteiger charge is -2.10. The van der Waals surface area contributed by atoms with E-state index in [0.29, 0.717) is 23.5 Å². The number of fused-ring (bicyclic) bond motifs is 1. The second kappa shape index (κ2) is 7.21. The predicted molar refractivity (Wildman–Crippen MR) is 94.0 cm³/mol. The smallest absolute Gasteiger partial charge is 0.339 e.